The third kappa shape index (κ3) is 3.74. The van der Waals surface area contributed by atoms with Crippen LogP contribution in [-0.4, -0.2) is 65.1 Å². The second-order valence-electron chi connectivity index (χ2n) is 3.93. The highest BCUT2D eigenvalue weighted by atomic mass is 16.6. The number of esters is 1. The molecule has 1 fully saturated rings. The molecule has 0 amide bonds. The van der Waals surface area contributed by atoms with Crippen LogP contribution in [0.1, 0.15) is 12.8 Å². The van der Waals surface area contributed by atoms with Crippen LogP contribution in [0.3, 0.4) is 0 Å². The van der Waals surface area contributed by atoms with Crippen LogP contribution >= 0.6 is 0 Å². The van der Waals surface area contributed by atoms with E-state index in [9.17, 15) is 14.7 Å². The van der Waals surface area contributed by atoms with Crippen molar-refractivity contribution < 1.29 is 29.6 Å². The molecule has 0 spiro atoms. The summed E-state index contributed by atoms with van der Waals surface area (Å²) in [7, 11) is 0. The zero-order valence-corrected chi connectivity index (χ0v) is 9.28. The average Bonchev–Trinajstić information content (AvgIpc) is 2.87. The van der Waals surface area contributed by atoms with Crippen LogP contribution in [0.2, 0.25) is 0 Å². The van der Waals surface area contributed by atoms with E-state index in [1.165, 1.54) is 0 Å². The maximum atomic E-state index is 11.5. The smallest absolute Gasteiger partial charge is 0.323 e. The van der Waals surface area contributed by atoms with Crippen molar-refractivity contribution in [3.63, 3.8) is 0 Å². The Morgan fingerprint density at radius 2 is 2.24 bits per heavy atom. The number of carbonyl (C=O) groups excluding carboxylic acids is 2. The van der Waals surface area contributed by atoms with Gasteiger partial charge in [-0.05, 0) is 19.4 Å². The Kier molecular flexibility index (Phi) is 5.49. The Labute approximate surface area is 98.4 Å². The van der Waals surface area contributed by atoms with Crippen LogP contribution < -0.4 is 5.32 Å². The summed E-state index contributed by atoms with van der Waals surface area (Å²) in [6.07, 6.45) is -2.92. The van der Waals surface area contributed by atoms with Gasteiger partial charge in [-0.25, -0.2) is 0 Å². The molecule has 0 aliphatic carbocycles. The van der Waals surface area contributed by atoms with Gasteiger partial charge in [0.2, 0.25) is 0 Å². The van der Waals surface area contributed by atoms with Crippen LogP contribution in [0, 0.1) is 0 Å². The molecule has 1 rings (SSSR count). The van der Waals surface area contributed by atoms with E-state index in [0.29, 0.717) is 13.0 Å². The van der Waals surface area contributed by atoms with E-state index in [0.717, 1.165) is 6.42 Å². The lowest BCUT2D eigenvalue weighted by molar-refractivity contribution is -0.165. The van der Waals surface area contributed by atoms with Gasteiger partial charge in [-0.3, -0.25) is 9.59 Å². The number of aliphatic hydroxyl groups is 3. The Bertz CT molecular complexity index is 266. The molecule has 1 aliphatic heterocycles. The summed E-state index contributed by atoms with van der Waals surface area (Å²) < 4.78 is 4.78. The number of hydrogen-bond acceptors (Lipinski definition) is 7. The predicted octanol–water partition coefficient (Wildman–Crippen LogP) is -2.44. The number of ether oxygens (including phenoxy) is 1. The Morgan fingerprint density at radius 3 is 2.71 bits per heavy atom. The van der Waals surface area contributed by atoms with Gasteiger partial charge >= 0.3 is 5.97 Å². The largest absolute Gasteiger partial charge is 0.451 e. The minimum absolute atomic E-state index is 0.233. The number of nitrogens with one attached hydrogen (secondary N) is 1. The lowest BCUT2D eigenvalue weighted by Gasteiger charge is -2.22. The summed E-state index contributed by atoms with van der Waals surface area (Å²) in [6, 6.07) is -0.476. The molecule has 0 aromatic heterocycles. The van der Waals surface area contributed by atoms with E-state index in [2.05, 4.69) is 5.32 Å². The molecule has 0 unspecified atom stereocenters. The predicted molar refractivity (Wildman–Crippen MR) is 56.1 cm³/mol. The van der Waals surface area contributed by atoms with E-state index in [1.54, 1.807) is 0 Å². The van der Waals surface area contributed by atoms with Gasteiger partial charge in [-0.2, -0.15) is 0 Å². The van der Waals surface area contributed by atoms with Gasteiger partial charge in [0.25, 0.3) is 0 Å². The minimum atomic E-state index is -1.62. The molecule has 17 heavy (non-hydrogen) atoms. The number of aldehydes is 1. The van der Waals surface area contributed by atoms with E-state index >= 15 is 0 Å². The van der Waals surface area contributed by atoms with Crippen LogP contribution in [0.25, 0.3) is 0 Å². The lowest BCUT2D eigenvalue weighted by Crippen LogP contribution is -2.45. The summed E-state index contributed by atoms with van der Waals surface area (Å²) in [6.45, 7) is -0.0158. The molecular weight excluding hydrogens is 230 g/mol. The van der Waals surface area contributed by atoms with Crippen LogP contribution in [0.15, 0.2) is 0 Å². The second-order valence-corrected chi connectivity index (χ2v) is 3.93. The molecular formula is C10H17NO6. The molecule has 0 bridgehead atoms. The molecule has 0 saturated carbocycles. The van der Waals surface area contributed by atoms with Gasteiger partial charge in [0.15, 0.2) is 12.4 Å². The molecule has 0 aromatic carbocycles. The molecule has 1 heterocycles. The number of aliphatic hydroxyl groups excluding tert-OH is 3. The molecule has 98 valence electrons. The highest BCUT2D eigenvalue weighted by Crippen LogP contribution is 2.10. The van der Waals surface area contributed by atoms with Gasteiger partial charge in [0.05, 0.1) is 6.61 Å². The zero-order chi connectivity index (χ0) is 12.8. The van der Waals surface area contributed by atoms with Gasteiger partial charge in [0.1, 0.15) is 18.2 Å². The summed E-state index contributed by atoms with van der Waals surface area (Å²) in [4.78, 5) is 22.2. The van der Waals surface area contributed by atoms with Crippen molar-refractivity contribution in [2.45, 2.75) is 37.2 Å². The van der Waals surface area contributed by atoms with Gasteiger partial charge in [-0.1, -0.05) is 0 Å². The first-order valence-electron chi connectivity index (χ1n) is 5.46. The van der Waals surface area contributed by atoms with E-state index < -0.39 is 36.9 Å². The summed E-state index contributed by atoms with van der Waals surface area (Å²) in [5.41, 5.74) is 0. The monoisotopic (exact) mass is 247 g/mol. The Morgan fingerprint density at radius 1 is 1.53 bits per heavy atom. The van der Waals surface area contributed by atoms with Gasteiger partial charge in [-0.15, -0.1) is 0 Å². The summed E-state index contributed by atoms with van der Waals surface area (Å²) in [5, 5.41) is 30.1. The molecule has 4 N–H and O–H groups in total. The van der Waals surface area contributed by atoms with Crippen molar-refractivity contribution >= 4 is 12.3 Å². The van der Waals surface area contributed by atoms with Crippen LogP contribution in [-0.2, 0) is 14.3 Å². The zero-order valence-electron chi connectivity index (χ0n) is 9.28. The Balaban J connectivity index is 2.50. The second kappa shape index (κ2) is 6.65. The van der Waals surface area contributed by atoms with Crippen molar-refractivity contribution in [3.8, 4) is 0 Å². The first kappa shape index (κ1) is 14.0. The standard InChI is InChI=1S/C10H17NO6/c12-4-7(14)9(15)8(5-13)17-10(16)6-2-1-3-11-6/h5-9,11-12,14-15H,1-4H2/t6-,7+,8-,9-/m0/s1. The van der Waals surface area contributed by atoms with Crippen molar-refractivity contribution in [2.24, 2.45) is 0 Å². The summed E-state index contributed by atoms with van der Waals surface area (Å²) in [5.74, 6) is -0.635. The number of carbonyl (C=O) groups is 2. The average molecular weight is 247 g/mol. The molecule has 7 heteroatoms. The fourth-order valence-electron chi connectivity index (χ4n) is 1.61. The van der Waals surface area contributed by atoms with Crippen LogP contribution in [0.4, 0.5) is 0 Å². The first-order chi connectivity index (χ1) is 8.10. The van der Waals surface area contributed by atoms with Crippen molar-refractivity contribution in [1.82, 2.24) is 5.32 Å². The van der Waals surface area contributed by atoms with Gasteiger partial charge in [0, 0.05) is 0 Å². The quantitative estimate of drug-likeness (QED) is 0.304. The first-order valence-corrected chi connectivity index (χ1v) is 5.46. The highest BCUT2D eigenvalue weighted by molar-refractivity contribution is 5.78. The minimum Gasteiger partial charge on any atom is -0.451 e. The van der Waals surface area contributed by atoms with Crippen molar-refractivity contribution in [1.29, 1.82) is 0 Å². The molecule has 7 nitrogen and oxygen atoms in total. The fourth-order valence-corrected chi connectivity index (χ4v) is 1.61. The third-order valence-corrected chi connectivity index (χ3v) is 2.65. The van der Waals surface area contributed by atoms with E-state index in [4.69, 9.17) is 14.9 Å². The molecule has 0 radical (unpaired) electrons. The summed E-state index contributed by atoms with van der Waals surface area (Å²) >= 11 is 0. The Hall–Kier alpha value is -1.02. The van der Waals surface area contributed by atoms with Gasteiger partial charge < -0.3 is 25.4 Å². The number of rotatable bonds is 6. The maximum Gasteiger partial charge on any atom is 0.323 e. The SMILES string of the molecule is O=C[C@H](OC(=O)[C@@H]1CCCN1)[C@@H](O)[C@H](O)CO. The maximum absolute atomic E-state index is 11.5. The van der Waals surface area contributed by atoms with E-state index in [-0.39, 0.29) is 6.29 Å². The number of hydrogen-bond donors (Lipinski definition) is 4. The van der Waals surface area contributed by atoms with Crippen molar-refractivity contribution in [2.75, 3.05) is 13.2 Å². The molecule has 1 aliphatic rings. The molecule has 1 saturated heterocycles. The molecule has 4 atom stereocenters. The topological polar surface area (TPSA) is 116 Å². The normalized spacial score (nSPS) is 25.0. The molecule has 0 aromatic rings. The lowest BCUT2D eigenvalue weighted by atomic mass is 10.1. The fraction of sp³-hybridized carbons (Fsp3) is 0.800. The van der Waals surface area contributed by atoms with Crippen molar-refractivity contribution in [3.05, 3.63) is 0 Å². The van der Waals surface area contributed by atoms with E-state index in [1.807, 2.05) is 0 Å². The van der Waals surface area contributed by atoms with Crippen LogP contribution in [0.5, 0.6) is 0 Å². The highest BCUT2D eigenvalue weighted by Gasteiger charge is 2.32. The third-order valence-electron chi connectivity index (χ3n) is 2.65.